The first-order valence-electron chi connectivity index (χ1n) is 15.7. The lowest BCUT2D eigenvalue weighted by Gasteiger charge is -2.12. The minimum atomic E-state index is 0.824. The van der Waals surface area contributed by atoms with Crippen molar-refractivity contribution in [2.24, 2.45) is 0 Å². The van der Waals surface area contributed by atoms with Crippen molar-refractivity contribution < 1.29 is 0 Å². The highest BCUT2D eigenvalue weighted by Crippen LogP contribution is 2.39. The Morgan fingerprint density at radius 1 is 0.587 bits per heavy atom. The fraction of sp³-hybridized carbons (Fsp3) is 0.0488. The van der Waals surface area contributed by atoms with Crippen LogP contribution in [0.5, 0.6) is 0 Å². The first-order chi connectivity index (χ1) is 22.7. The van der Waals surface area contributed by atoms with Gasteiger partial charge in [-0.25, -0.2) is 15.0 Å². The lowest BCUT2D eigenvalue weighted by atomic mass is 9.96. The molecule has 4 aromatic heterocycles. The average Bonchev–Trinajstić information content (AvgIpc) is 3.74. The molecular weight excluding hydrogens is 562 g/mol. The van der Waals surface area contributed by atoms with Crippen LogP contribution in [0.4, 0.5) is 0 Å². The molecule has 9 aromatic rings. The van der Waals surface area contributed by atoms with Crippen LogP contribution in [-0.4, -0.2) is 23.9 Å². The van der Waals surface area contributed by atoms with Crippen molar-refractivity contribution in [3.05, 3.63) is 152 Å². The first-order valence-corrected chi connectivity index (χ1v) is 15.7. The van der Waals surface area contributed by atoms with Gasteiger partial charge in [-0.2, -0.15) is 0 Å². The molecule has 0 atom stereocenters. The highest BCUT2D eigenvalue weighted by Gasteiger charge is 2.19. The lowest BCUT2D eigenvalue weighted by Crippen LogP contribution is -1.99. The van der Waals surface area contributed by atoms with Gasteiger partial charge in [0.2, 0.25) is 0 Å². The normalized spacial score (nSPS) is 11.7. The van der Waals surface area contributed by atoms with E-state index >= 15 is 0 Å². The monoisotopic (exact) mass is 591 g/mol. The standard InChI is InChI=1S/C41H29N5/c1-2-37-44-41-36(46(37)31-13-4-3-5-14-31)23-22-33-32-15-6-7-16-34(32)43-40(39(33)41)28-20-18-27(19-21-28)29-11-10-12-30(25-29)35-26-45-24-9-8-17-38(45)42-35/h3-26H,2H2,1H3. The van der Waals surface area contributed by atoms with E-state index in [0.717, 1.165) is 89.9 Å². The quantitative estimate of drug-likeness (QED) is 0.187. The minimum absolute atomic E-state index is 0.824. The molecule has 0 bridgehead atoms. The number of imidazole rings is 2. The number of benzene rings is 5. The van der Waals surface area contributed by atoms with Gasteiger partial charge in [0.25, 0.3) is 0 Å². The van der Waals surface area contributed by atoms with Gasteiger partial charge < -0.3 is 4.40 Å². The third-order valence-electron chi connectivity index (χ3n) is 8.90. The third-order valence-corrected chi connectivity index (χ3v) is 8.90. The highest BCUT2D eigenvalue weighted by molar-refractivity contribution is 6.19. The second kappa shape index (κ2) is 10.5. The van der Waals surface area contributed by atoms with Crippen LogP contribution >= 0.6 is 0 Å². The van der Waals surface area contributed by atoms with Gasteiger partial charge in [0.1, 0.15) is 11.5 Å². The van der Waals surface area contributed by atoms with E-state index in [0.29, 0.717) is 0 Å². The van der Waals surface area contributed by atoms with Crippen LogP contribution in [0.25, 0.3) is 77.7 Å². The lowest BCUT2D eigenvalue weighted by molar-refractivity contribution is 0.908. The summed E-state index contributed by atoms with van der Waals surface area (Å²) in [6.45, 7) is 2.17. The molecule has 46 heavy (non-hydrogen) atoms. The van der Waals surface area contributed by atoms with Crippen LogP contribution in [-0.2, 0) is 6.42 Å². The Labute approximate surface area is 266 Å². The van der Waals surface area contributed by atoms with Crippen LogP contribution in [0, 0.1) is 0 Å². The largest absolute Gasteiger partial charge is 0.306 e. The van der Waals surface area contributed by atoms with Crippen LogP contribution < -0.4 is 0 Å². The molecule has 218 valence electrons. The summed E-state index contributed by atoms with van der Waals surface area (Å²) in [5, 5.41) is 3.38. The van der Waals surface area contributed by atoms with Crippen molar-refractivity contribution in [2.45, 2.75) is 13.3 Å². The second-order valence-electron chi connectivity index (χ2n) is 11.6. The highest BCUT2D eigenvalue weighted by atomic mass is 15.1. The number of nitrogens with zero attached hydrogens (tertiary/aromatic N) is 5. The van der Waals surface area contributed by atoms with Gasteiger partial charge >= 0.3 is 0 Å². The minimum Gasteiger partial charge on any atom is -0.306 e. The summed E-state index contributed by atoms with van der Waals surface area (Å²) in [7, 11) is 0. The van der Waals surface area contributed by atoms with Gasteiger partial charge in [-0.3, -0.25) is 4.57 Å². The smallest absolute Gasteiger partial charge is 0.137 e. The SMILES string of the molecule is CCc1nc2c3c(-c4ccc(-c5cccc(-c6cn7ccccc7n6)c5)cc4)nc4ccccc4c3ccc2n1-c1ccccc1. The molecule has 0 aliphatic rings. The Balaban J connectivity index is 1.20. The summed E-state index contributed by atoms with van der Waals surface area (Å²) in [5.74, 6) is 1.04. The summed E-state index contributed by atoms with van der Waals surface area (Å²) in [5.41, 5.74) is 11.5. The molecule has 0 saturated heterocycles. The van der Waals surface area contributed by atoms with Crippen molar-refractivity contribution >= 4 is 38.4 Å². The van der Waals surface area contributed by atoms with Crippen molar-refractivity contribution in [2.75, 3.05) is 0 Å². The van der Waals surface area contributed by atoms with E-state index in [-0.39, 0.29) is 0 Å². The fourth-order valence-electron chi connectivity index (χ4n) is 6.69. The zero-order valence-electron chi connectivity index (χ0n) is 25.3. The Bertz CT molecular complexity index is 2520. The van der Waals surface area contributed by atoms with Gasteiger partial charge in [0.15, 0.2) is 0 Å². The van der Waals surface area contributed by atoms with Gasteiger partial charge in [0.05, 0.1) is 27.9 Å². The molecule has 0 radical (unpaired) electrons. The number of para-hydroxylation sites is 2. The van der Waals surface area contributed by atoms with Crippen molar-refractivity contribution in [1.29, 1.82) is 0 Å². The van der Waals surface area contributed by atoms with E-state index < -0.39 is 0 Å². The summed E-state index contributed by atoms with van der Waals surface area (Å²) < 4.78 is 4.34. The Morgan fingerprint density at radius 3 is 2.22 bits per heavy atom. The number of fused-ring (bicyclic) bond motifs is 6. The van der Waals surface area contributed by atoms with Crippen LogP contribution in [0.3, 0.4) is 0 Å². The summed E-state index contributed by atoms with van der Waals surface area (Å²) >= 11 is 0. The number of aromatic nitrogens is 5. The van der Waals surface area contributed by atoms with Crippen molar-refractivity contribution in [3.8, 4) is 39.3 Å². The zero-order chi connectivity index (χ0) is 30.6. The van der Waals surface area contributed by atoms with E-state index in [4.69, 9.17) is 15.0 Å². The maximum atomic E-state index is 5.28. The topological polar surface area (TPSA) is 48.0 Å². The second-order valence-corrected chi connectivity index (χ2v) is 11.6. The maximum absolute atomic E-state index is 5.28. The number of rotatable bonds is 5. The molecule has 0 fully saturated rings. The molecule has 0 spiro atoms. The molecule has 0 aliphatic carbocycles. The van der Waals surface area contributed by atoms with E-state index in [2.05, 4.69) is 137 Å². The summed E-state index contributed by atoms with van der Waals surface area (Å²) in [6, 6.07) is 46.8. The molecule has 0 saturated carbocycles. The zero-order valence-corrected chi connectivity index (χ0v) is 25.3. The fourth-order valence-corrected chi connectivity index (χ4v) is 6.69. The molecule has 5 nitrogen and oxygen atoms in total. The predicted molar refractivity (Wildman–Crippen MR) is 188 cm³/mol. The summed E-state index contributed by atoms with van der Waals surface area (Å²) in [4.78, 5) is 15.4. The van der Waals surface area contributed by atoms with Gasteiger partial charge in [-0.15, -0.1) is 0 Å². The molecule has 0 N–H and O–H groups in total. The molecule has 0 amide bonds. The first kappa shape index (κ1) is 26.3. The van der Waals surface area contributed by atoms with Gasteiger partial charge in [0, 0.05) is 46.4 Å². The number of aryl methyl sites for hydroxylation is 1. The Morgan fingerprint density at radius 2 is 1.37 bits per heavy atom. The van der Waals surface area contributed by atoms with E-state index in [1.54, 1.807) is 0 Å². The van der Waals surface area contributed by atoms with Crippen LogP contribution in [0.15, 0.2) is 146 Å². The summed E-state index contributed by atoms with van der Waals surface area (Å²) in [6.07, 6.45) is 4.93. The number of hydrogen-bond acceptors (Lipinski definition) is 3. The number of hydrogen-bond donors (Lipinski definition) is 0. The van der Waals surface area contributed by atoms with E-state index in [9.17, 15) is 0 Å². The average molecular weight is 592 g/mol. The molecule has 5 aromatic carbocycles. The molecule has 0 aliphatic heterocycles. The Hall–Kier alpha value is -6.07. The molecule has 4 heterocycles. The molecule has 5 heteroatoms. The number of pyridine rings is 2. The van der Waals surface area contributed by atoms with Crippen molar-refractivity contribution in [3.63, 3.8) is 0 Å². The van der Waals surface area contributed by atoms with E-state index in [1.165, 1.54) is 0 Å². The van der Waals surface area contributed by atoms with Gasteiger partial charge in [-0.1, -0.05) is 97.9 Å². The Kier molecular flexibility index (Phi) is 6.03. The molecule has 9 rings (SSSR count). The van der Waals surface area contributed by atoms with E-state index in [1.807, 2.05) is 24.4 Å². The van der Waals surface area contributed by atoms with Crippen LogP contribution in [0.2, 0.25) is 0 Å². The third kappa shape index (κ3) is 4.20. The molecule has 0 unspecified atom stereocenters. The molecular formula is C41H29N5. The maximum Gasteiger partial charge on any atom is 0.137 e. The predicted octanol–water partition coefficient (Wildman–Crippen LogP) is 9.94. The van der Waals surface area contributed by atoms with Gasteiger partial charge in [-0.05, 0) is 59.0 Å². The van der Waals surface area contributed by atoms with Crippen molar-refractivity contribution in [1.82, 2.24) is 23.9 Å². The van der Waals surface area contributed by atoms with Crippen LogP contribution in [0.1, 0.15) is 12.7 Å².